The number of benzene rings is 2. The Labute approximate surface area is 510 Å². The predicted octanol–water partition coefficient (Wildman–Crippen LogP) is 11.3. The summed E-state index contributed by atoms with van der Waals surface area (Å²) < 4.78 is 132. The molecule has 25 heteroatoms. The van der Waals surface area contributed by atoms with Crippen molar-refractivity contribution in [2.45, 2.75) is 103 Å². The number of aromatic nitrogens is 2. The molecule has 0 saturated carbocycles. The van der Waals surface area contributed by atoms with Crippen LogP contribution >= 0.6 is 45.3 Å². The molecule has 0 bridgehead atoms. The maximum atomic E-state index is 14.9. The lowest BCUT2D eigenvalue weighted by atomic mass is 10.2. The Morgan fingerprint density at radius 3 is 1.07 bits per heavy atom. The molecule has 0 spiro atoms. The monoisotopic (exact) mass is 1300 g/mol. The van der Waals surface area contributed by atoms with E-state index < -0.39 is 126 Å². The third kappa shape index (κ3) is 9.17. The van der Waals surface area contributed by atoms with Gasteiger partial charge in [-0.15, -0.1) is 45.3 Å². The summed E-state index contributed by atoms with van der Waals surface area (Å²) in [6, 6.07) is 20.2. The molecule has 0 radical (unpaired) electrons. The van der Waals surface area contributed by atoms with E-state index in [1.807, 2.05) is 0 Å². The van der Waals surface area contributed by atoms with Gasteiger partial charge in [-0.05, 0) is 69.2 Å². The molecule has 0 saturated heterocycles. The Bertz CT molecular complexity index is 4280. The molecule has 448 valence electrons. The van der Waals surface area contributed by atoms with Gasteiger partial charge in [0, 0.05) is 92.0 Å². The predicted molar refractivity (Wildman–Crippen MR) is 318 cm³/mol. The summed E-state index contributed by atoms with van der Waals surface area (Å²) in [7, 11) is -4.84. The summed E-state index contributed by atoms with van der Waals surface area (Å²) >= 11 is 6.90. The smallest absolute Gasteiger partial charge is 0.330 e. The number of pyridine rings is 2. The van der Waals surface area contributed by atoms with Gasteiger partial charge >= 0.3 is 11.8 Å². The summed E-state index contributed by atoms with van der Waals surface area (Å²) in [5.41, 5.74) is -3.47. The zero-order valence-corrected chi connectivity index (χ0v) is 52.0. The first-order valence-electron chi connectivity index (χ1n) is 28.2. The van der Waals surface area contributed by atoms with Crippen molar-refractivity contribution in [3.63, 3.8) is 0 Å². The molecular formula is C62H49F9N4O6S4Si2. The van der Waals surface area contributed by atoms with Gasteiger partial charge in [-0.1, -0.05) is 79.1 Å². The SMILES string of the molecule is CCCC[Si]1(CCCC)c2cc(-c3cc[n+](C4=C([O-])C(=O)N(c5c(F)cc(F)c(F)c5F)C4=O)cc3)sc2-c2sc(-c3cc4c(s3)-c3sc(-c5cc[n+](C6=C([O-])C(=O)N(c7c(F)c(F)c(F)c(F)c7F)C6=O)cc5)cc3[Si]4(CCCC)CCCC)cc21. The second-order valence-corrected chi connectivity index (χ2v) is 34.7. The molecule has 0 unspecified atom stereocenters. The van der Waals surface area contributed by atoms with Gasteiger partial charge in [0.25, 0.3) is 23.2 Å². The number of fused-ring (bicyclic) bond motifs is 6. The minimum Gasteiger partial charge on any atom is -0.864 e. The fourth-order valence-corrected chi connectivity index (χ4v) is 32.0. The van der Waals surface area contributed by atoms with Crippen LogP contribution in [0.25, 0.3) is 61.5 Å². The average molecular weight is 1300 g/mol. The minimum atomic E-state index is -2.49. The van der Waals surface area contributed by atoms with Crippen LogP contribution in [-0.4, -0.2) is 39.8 Å². The molecule has 10 nitrogen and oxygen atoms in total. The van der Waals surface area contributed by atoms with Crippen molar-refractivity contribution in [1.82, 2.24) is 0 Å². The summed E-state index contributed by atoms with van der Waals surface area (Å²) in [5, 5.41) is 32.1. The van der Waals surface area contributed by atoms with Crippen molar-refractivity contribution in [2.75, 3.05) is 9.80 Å². The second kappa shape index (κ2) is 22.7. The molecule has 4 aliphatic rings. The van der Waals surface area contributed by atoms with E-state index in [2.05, 4.69) is 52.0 Å². The summed E-state index contributed by atoms with van der Waals surface area (Å²) in [6.45, 7) is 8.77. The van der Waals surface area contributed by atoms with Crippen LogP contribution in [0.2, 0.25) is 24.2 Å². The Kier molecular flexibility index (Phi) is 15.7. The van der Waals surface area contributed by atoms with Gasteiger partial charge in [-0.2, -0.15) is 9.13 Å². The third-order valence-corrected chi connectivity index (χ3v) is 33.4. The number of carbonyl (C=O) groups is 4. The Hall–Kier alpha value is -7.30. The van der Waals surface area contributed by atoms with Crippen LogP contribution in [0.15, 0.2) is 90.9 Å². The number of hydrogen-bond donors (Lipinski definition) is 0. The molecule has 0 atom stereocenters. The van der Waals surface area contributed by atoms with Crippen LogP contribution in [-0.2, 0) is 19.2 Å². The van der Waals surface area contributed by atoms with Crippen molar-refractivity contribution >= 4 is 129 Å². The number of carbonyl (C=O) groups excluding carboxylic acids is 4. The molecule has 8 aromatic rings. The highest BCUT2D eigenvalue weighted by Crippen LogP contribution is 2.51. The van der Waals surface area contributed by atoms with Gasteiger partial charge in [-0.3, -0.25) is 19.2 Å². The van der Waals surface area contributed by atoms with E-state index in [0.29, 0.717) is 5.56 Å². The van der Waals surface area contributed by atoms with Crippen LogP contribution in [0.4, 0.5) is 50.9 Å². The van der Waals surface area contributed by atoms with Crippen molar-refractivity contribution < 1.29 is 78.0 Å². The van der Waals surface area contributed by atoms with Crippen molar-refractivity contribution in [2.24, 2.45) is 0 Å². The quantitative estimate of drug-likeness (QED) is 0.0198. The van der Waals surface area contributed by atoms with Crippen LogP contribution in [0.3, 0.4) is 0 Å². The van der Waals surface area contributed by atoms with Gasteiger partial charge in [0.2, 0.25) is 5.82 Å². The van der Waals surface area contributed by atoms with E-state index in [0.717, 1.165) is 100.0 Å². The Morgan fingerprint density at radius 1 is 0.402 bits per heavy atom. The van der Waals surface area contributed by atoms with Gasteiger partial charge in [-0.25, -0.2) is 49.3 Å². The maximum absolute atomic E-state index is 14.9. The molecule has 2 aromatic carbocycles. The molecule has 10 heterocycles. The average Bonchev–Trinajstić information content (AvgIpc) is 1.56. The number of thiophene rings is 4. The van der Waals surface area contributed by atoms with Gasteiger partial charge in [0.1, 0.15) is 27.5 Å². The molecule has 4 amide bonds. The number of unbranched alkanes of at least 4 members (excludes halogenated alkanes) is 4. The number of rotatable bonds is 19. The zero-order valence-electron chi connectivity index (χ0n) is 46.8. The van der Waals surface area contributed by atoms with Gasteiger partial charge in [0.15, 0.2) is 71.3 Å². The third-order valence-electron chi connectivity index (χ3n) is 17.0. The number of nitrogens with zero attached hydrogens (tertiary/aromatic N) is 4. The Morgan fingerprint density at radius 2 is 0.713 bits per heavy atom. The molecule has 0 N–H and O–H groups in total. The second-order valence-electron chi connectivity index (χ2n) is 22.0. The van der Waals surface area contributed by atoms with Crippen LogP contribution in [0.5, 0.6) is 0 Å². The van der Waals surface area contributed by atoms with E-state index in [4.69, 9.17) is 0 Å². The van der Waals surface area contributed by atoms with Gasteiger partial charge < -0.3 is 10.2 Å². The lowest BCUT2D eigenvalue weighted by Gasteiger charge is -2.29. The van der Waals surface area contributed by atoms with Gasteiger partial charge in [0.05, 0.1) is 0 Å². The van der Waals surface area contributed by atoms with E-state index in [1.165, 1.54) is 74.8 Å². The lowest BCUT2D eigenvalue weighted by molar-refractivity contribution is -0.581. The standard InChI is InChI=1S/C62H49F9N4O6S4Si2/c1-5-9-21-86(22-10-6-2)38-26-34(30-13-17-72(18-14-30)51-53(76)61(80)74(59(51)78)49-33(64)25-32(63)42(65)46(49)69)82-55(38)57-40(86)28-36(84-57)37-29-41-58(85-37)56-39(87(41,23-11-7-3)24-12-8-4)27-35(83-56)31-15-19-73(20-16-31)52-54(77)62(81)75(60(52)79)50-47(70)44(67)43(66)45(68)48(50)71/h13-20,25-29H,5-12,21-24H2,1-4H3. The number of anilines is 2. The Balaban J connectivity index is 0.885. The van der Waals surface area contributed by atoms with E-state index in [-0.39, 0.29) is 15.9 Å². The highest BCUT2D eigenvalue weighted by Gasteiger charge is 2.51. The largest absolute Gasteiger partial charge is 0.864 e. The van der Waals surface area contributed by atoms with E-state index in [9.17, 15) is 68.9 Å². The highest BCUT2D eigenvalue weighted by molar-refractivity contribution is 7.35. The first-order valence-corrected chi connectivity index (χ1v) is 36.3. The molecular weight excluding hydrogens is 1250 g/mol. The van der Waals surface area contributed by atoms with E-state index in [1.54, 1.807) is 69.6 Å². The summed E-state index contributed by atoms with van der Waals surface area (Å²) in [4.78, 5) is 61.9. The number of amides is 4. The first-order chi connectivity index (χ1) is 41.7. The molecule has 87 heavy (non-hydrogen) atoms. The minimum absolute atomic E-state index is 0.0119. The molecule has 0 aliphatic carbocycles. The lowest BCUT2D eigenvalue weighted by Crippen LogP contribution is -2.54. The van der Waals surface area contributed by atoms with Crippen molar-refractivity contribution in [1.29, 1.82) is 0 Å². The fourth-order valence-electron chi connectivity index (χ4n) is 12.6. The van der Waals surface area contributed by atoms with Crippen molar-refractivity contribution in [3.8, 4) is 50.1 Å². The molecule has 12 rings (SSSR count). The van der Waals surface area contributed by atoms with Crippen molar-refractivity contribution in [3.05, 3.63) is 143 Å². The molecule has 6 aromatic heterocycles. The molecule has 0 fully saturated rings. The number of hydrogen-bond acceptors (Lipinski definition) is 10. The fraction of sp³-hybridized carbons (Fsp3) is 0.258. The topological polar surface area (TPSA) is 129 Å². The highest BCUT2D eigenvalue weighted by atomic mass is 32.1. The normalized spacial score (nSPS) is 15.7. The van der Waals surface area contributed by atoms with Crippen LogP contribution < -0.4 is 49.9 Å². The summed E-state index contributed by atoms with van der Waals surface area (Å²) in [5.74, 6) is -29.3. The van der Waals surface area contributed by atoms with E-state index >= 15 is 0 Å². The molecule has 4 aliphatic heterocycles. The van der Waals surface area contributed by atoms with Crippen LogP contribution in [0.1, 0.15) is 79.1 Å². The number of imide groups is 2. The first kappa shape index (κ1) is 60.0. The summed E-state index contributed by atoms with van der Waals surface area (Å²) in [6.07, 6.45) is 13.6. The maximum Gasteiger partial charge on any atom is 0.330 e. The zero-order chi connectivity index (χ0) is 61.9. The van der Waals surface area contributed by atoms with Crippen LogP contribution in [0, 0.1) is 52.4 Å². The number of halogens is 9.